The van der Waals surface area contributed by atoms with E-state index >= 15 is 0 Å². The molecule has 1 aromatic heterocycles. The summed E-state index contributed by atoms with van der Waals surface area (Å²) in [4.78, 5) is 23.1. The number of ether oxygens (including phenoxy) is 1. The number of hydrogen-bond donors (Lipinski definition) is 2. The van der Waals surface area contributed by atoms with Gasteiger partial charge < -0.3 is 14.4 Å². The third-order valence-corrected chi connectivity index (χ3v) is 5.01. The van der Waals surface area contributed by atoms with Crippen molar-refractivity contribution in [3.63, 3.8) is 0 Å². The highest BCUT2D eigenvalue weighted by molar-refractivity contribution is 5.84. The van der Waals surface area contributed by atoms with Gasteiger partial charge in [0.2, 0.25) is 5.91 Å². The number of carbonyl (C=O) groups excluding carboxylic acids is 1. The number of aromatic nitrogens is 1. The zero-order valence-electron chi connectivity index (χ0n) is 18.5. The summed E-state index contributed by atoms with van der Waals surface area (Å²) in [5, 5.41) is 13.0. The Bertz CT molecular complexity index is 1110. The lowest BCUT2D eigenvalue weighted by Crippen LogP contribution is -2.19. The van der Waals surface area contributed by atoms with Crippen LogP contribution in [0, 0.1) is 13.8 Å². The number of aryl methyl sites for hydroxylation is 1. The number of nitrogens with zero attached hydrogens (tertiary/aromatic N) is 2. The molecule has 0 aliphatic carbocycles. The molecule has 0 saturated carbocycles. The largest absolute Gasteiger partial charge is 0.494 e. The first-order valence-corrected chi connectivity index (χ1v) is 10.4. The Morgan fingerprint density at radius 3 is 2.28 bits per heavy atom. The number of aliphatic carboxylic acids is 1. The lowest BCUT2D eigenvalue weighted by molar-refractivity contribution is -0.136. The van der Waals surface area contributed by atoms with Gasteiger partial charge in [0.1, 0.15) is 5.75 Å². The van der Waals surface area contributed by atoms with Crippen LogP contribution in [0.2, 0.25) is 0 Å². The second kappa shape index (κ2) is 10.4. The van der Waals surface area contributed by atoms with Crippen molar-refractivity contribution in [2.75, 3.05) is 6.61 Å². The summed E-state index contributed by atoms with van der Waals surface area (Å²) in [6.07, 6.45) is 1.86. The van der Waals surface area contributed by atoms with E-state index in [2.05, 4.69) is 15.1 Å². The van der Waals surface area contributed by atoms with E-state index in [9.17, 15) is 9.59 Å². The lowest BCUT2D eigenvalue weighted by Gasteiger charge is -2.10. The first kappa shape index (κ1) is 22.8. The highest BCUT2D eigenvalue weighted by Crippen LogP contribution is 2.20. The topological polar surface area (TPSA) is 92.9 Å². The van der Waals surface area contributed by atoms with Gasteiger partial charge in [-0.15, -0.1) is 0 Å². The number of benzene rings is 2. The molecule has 3 aromatic rings. The Morgan fingerprint density at radius 1 is 1.03 bits per heavy atom. The van der Waals surface area contributed by atoms with Crippen molar-refractivity contribution in [3.8, 4) is 11.4 Å². The number of nitrogens with one attached hydrogen (secondary N) is 1. The van der Waals surface area contributed by atoms with E-state index in [4.69, 9.17) is 9.84 Å². The molecule has 0 radical (unpaired) electrons. The van der Waals surface area contributed by atoms with Gasteiger partial charge in [0.25, 0.3) is 0 Å². The van der Waals surface area contributed by atoms with Crippen LogP contribution in [0.25, 0.3) is 5.69 Å². The molecule has 0 spiro atoms. The summed E-state index contributed by atoms with van der Waals surface area (Å²) in [6.45, 7) is 6.49. The Kier molecular flexibility index (Phi) is 7.44. The van der Waals surface area contributed by atoms with Crippen LogP contribution in [0.15, 0.2) is 59.7 Å². The van der Waals surface area contributed by atoms with Crippen LogP contribution >= 0.6 is 0 Å². The molecule has 1 heterocycles. The molecule has 0 saturated heterocycles. The molecular weight excluding hydrogens is 406 g/mol. The first-order valence-electron chi connectivity index (χ1n) is 10.4. The van der Waals surface area contributed by atoms with Crippen molar-refractivity contribution in [1.29, 1.82) is 0 Å². The summed E-state index contributed by atoms with van der Waals surface area (Å²) in [6, 6.07) is 16.8. The molecule has 0 aliphatic rings. The fourth-order valence-corrected chi connectivity index (χ4v) is 3.52. The quantitative estimate of drug-likeness (QED) is 0.396. The van der Waals surface area contributed by atoms with Crippen LogP contribution in [0.1, 0.15) is 35.0 Å². The van der Waals surface area contributed by atoms with E-state index in [1.54, 1.807) is 6.21 Å². The zero-order valence-corrected chi connectivity index (χ0v) is 18.5. The SMILES string of the molecule is CCOc1ccc(CC(=O)N/N=C\c2cc(C)n(-c3ccc(CC(=O)O)cc3)c2C)cc1. The van der Waals surface area contributed by atoms with Crippen LogP contribution < -0.4 is 10.2 Å². The smallest absolute Gasteiger partial charge is 0.307 e. The maximum absolute atomic E-state index is 12.2. The monoisotopic (exact) mass is 433 g/mol. The molecule has 0 atom stereocenters. The predicted molar refractivity (Wildman–Crippen MR) is 124 cm³/mol. The second-order valence-corrected chi connectivity index (χ2v) is 7.45. The Balaban J connectivity index is 1.64. The van der Waals surface area contributed by atoms with Gasteiger partial charge in [-0.3, -0.25) is 9.59 Å². The number of amides is 1. The van der Waals surface area contributed by atoms with Gasteiger partial charge in [-0.1, -0.05) is 24.3 Å². The second-order valence-electron chi connectivity index (χ2n) is 7.45. The summed E-state index contributed by atoms with van der Waals surface area (Å²) < 4.78 is 7.47. The van der Waals surface area contributed by atoms with E-state index in [0.717, 1.165) is 39.5 Å². The van der Waals surface area contributed by atoms with Gasteiger partial charge >= 0.3 is 5.97 Å². The lowest BCUT2D eigenvalue weighted by atomic mass is 10.1. The van der Waals surface area contributed by atoms with Gasteiger partial charge in [-0.25, -0.2) is 5.43 Å². The van der Waals surface area contributed by atoms with Crippen LogP contribution in [0.5, 0.6) is 5.75 Å². The molecule has 0 bridgehead atoms. The number of carbonyl (C=O) groups is 2. The summed E-state index contributed by atoms with van der Waals surface area (Å²) >= 11 is 0. The summed E-state index contributed by atoms with van der Waals surface area (Å²) in [7, 11) is 0. The Labute approximate surface area is 187 Å². The average Bonchev–Trinajstić information content (AvgIpc) is 3.03. The van der Waals surface area contributed by atoms with E-state index < -0.39 is 5.97 Å². The minimum atomic E-state index is -0.853. The van der Waals surface area contributed by atoms with Crippen LogP contribution in [-0.4, -0.2) is 34.4 Å². The molecule has 166 valence electrons. The molecule has 7 nitrogen and oxygen atoms in total. The van der Waals surface area contributed by atoms with Crippen molar-refractivity contribution in [3.05, 3.63) is 82.7 Å². The fraction of sp³-hybridized carbons (Fsp3) is 0.240. The highest BCUT2D eigenvalue weighted by Gasteiger charge is 2.10. The van der Waals surface area contributed by atoms with Crippen molar-refractivity contribution >= 4 is 18.1 Å². The molecule has 0 unspecified atom stereocenters. The number of rotatable bonds is 9. The number of carboxylic acids is 1. The number of hydrogen-bond acceptors (Lipinski definition) is 4. The fourth-order valence-electron chi connectivity index (χ4n) is 3.52. The normalized spacial score (nSPS) is 11.0. The van der Waals surface area contributed by atoms with Crippen molar-refractivity contribution < 1.29 is 19.4 Å². The molecule has 2 N–H and O–H groups in total. The van der Waals surface area contributed by atoms with Gasteiger partial charge in [0.15, 0.2) is 0 Å². The third kappa shape index (κ3) is 5.85. The summed E-state index contributed by atoms with van der Waals surface area (Å²) in [5.74, 6) is -0.274. The van der Waals surface area contributed by atoms with Crippen molar-refractivity contribution in [2.24, 2.45) is 5.10 Å². The molecule has 3 rings (SSSR count). The number of carboxylic acid groups (broad SMARTS) is 1. The average molecular weight is 434 g/mol. The third-order valence-electron chi connectivity index (χ3n) is 5.01. The van der Waals surface area contributed by atoms with Gasteiger partial charge in [-0.05, 0) is 62.2 Å². The van der Waals surface area contributed by atoms with Crippen LogP contribution in [0.3, 0.4) is 0 Å². The standard InChI is InChI=1S/C25H27N3O4/c1-4-32-23-11-7-19(8-12-23)14-24(29)27-26-16-21-13-17(2)28(18(21)3)22-9-5-20(6-10-22)15-25(30)31/h5-13,16H,4,14-15H2,1-3H3,(H,27,29)(H,30,31)/b26-16-. The maximum Gasteiger partial charge on any atom is 0.307 e. The van der Waals surface area contributed by atoms with Gasteiger partial charge in [0.05, 0.1) is 25.7 Å². The van der Waals surface area contributed by atoms with Crippen LogP contribution in [0.4, 0.5) is 0 Å². The first-order chi connectivity index (χ1) is 15.4. The maximum atomic E-state index is 12.2. The molecule has 0 fully saturated rings. The zero-order chi connectivity index (χ0) is 23.1. The van der Waals surface area contributed by atoms with E-state index in [1.807, 2.05) is 75.4 Å². The molecular formula is C25H27N3O4. The number of hydrazone groups is 1. The van der Waals surface area contributed by atoms with Crippen molar-refractivity contribution in [2.45, 2.75) is 33.6 Å². The van der Waals surface area contributed by atoms with E-state index in [1.165, 1.54) is 0 Å². The minimum absolute atomic E-state index is 0.00180. The highest BCUT2D eigenvalue weighted by atomic mass is 16.5. The molecule has 0 aliphatic heterocycles. The van der Waals surface area contributed by atoms with E-state index in [0.29, 0.717) is 6.61 Å². The Hall–Kier alpha value is -3.87. The molecule has 2 aromatic carbocycles. The van der Waals surface area contributed by atoms with Gasteiger partial charge in [0, 0.05) is 22.6 Å². The predicted octanol–water partition coefficient (Wildman–Crippen LogP) is 3.81. The van der Waals surface area contributed by atoms with E-state index in [-0.39, 0.29) is 18.7 Å². The molecule has 1 amide bonds. The van der Waals surface area contributed by atoms with Gasteiger partial charge in [-0.2, -0.15) is 5.10 Å². The van der Waals surface area contributed by atoms with Crippen molar-refractivity contribution in [1.82, 2.24) is 9.99 Å². The molecule has 7 heteroatoms. The summed E-state index contributed by atoms with van der Waals surface area (Å²) in [5.41, 5.74) is 8.01. The van der Waals surface area contributed by atoms with Crippen LogP contribution in [-0.2, 0) is 22.4 Å². The minimum Gasteiger partial charge on any atom is -0.494 e. The Morgan fingerprint density at radius 2 is 1.66 bits per heavy atom. The molecule has 32 heavy (non-hydrogen) atoms.